The van der Waals surface area contributed by atoms with Gasteiger partial charge in [0.1, 0.15) is 0 Å². The number of nitrogens with one attached hydrogen (secondary N) is 1. The second kappa shape index (κ2) is 11.0. The van der Waals surface area contributed by atoms with E-state index in [1.54, 1.807) is 27.7 Å². The molecule has 0 amide bonds. The molecule has 11 N–H and O–H groups in total. The van der Waals surface area contributed by atoms with Gasteiger partial charge < -0.3 is 0 Å². The predicted molar refractivity (Wildman–Crippen MR) is 138 cm³/mol. The van der Waals surface area contributed by atoms with Crippen LogP contribution in [0.25, 0.3) is 0 Å². The average Bonchev–Trinajstić information content (AvgIpc) is 2.71. The number of rotatable bonds is 11. The van der Waals surface area contributed by atoms with Gasteiger partial charge >= 0.3 is 209 Å². The van der Waals surface area contributed by atoms with Gasteiger partial charge in [-0.3, -0.25) is 0 Å². The summed E-state index contributed by atoms with van der Waals surface area (Å²) in [7, 11) is 2.95. The third-order valence-corrected chi connectivity index (χ3v) is 20.5. The molecule has 0 aliphatic heterocycles. The van der Waals surface area contributed by atoms with Crippen LogP contribution in [0.3, 0.4) is 0 Å². The Balaban J connectivity index is 2.35. The molecule has 0 aliphatic carbocycles. The Morgan fingerprint density at radius 3 is 1.68 bits per heavy atom. The van der Waals surface area contributed by atoms with Gasteiger partial charge in [-0.1, -0.05) is 0 Å². The summed E-state index contributed by atoms with van der Waals surface area (Å²) in [6, 6.07) is 5.19. The SMILES string of the molecule is CC(C)(S[As](SC(C)(C)[C@@H](N)C(=O)O)c1ccc(Nc2nc(N)nc(N)n2)cc1)[C@@H](N)C(=O)O. The van der Waals surface area contributed by atoms with Crippen LogP contribution < -0.4 is 32.6 Å². The number of carbonyl (C=O) groups is 2. The molecule has 0 radical (unpaired) electrons. The Labute approximate surface area is 208 Å². The van der Waals surface area contributed by atoms with E-state index in [4.69, 9.17) is 22.9 Å². The summed E-state index contributed by atoms with van der Waals surface area (Å²) in [5.74, 6) is -2.04. The second-order valence-electron chi connectivity index (χ2n) is 8.33. The van der Waals surface area contributed by atoms with E-state index in [1.807, 2.05) is 24.3 Å². The fourth-order valence-corrected chi connectivity index (χ4v) is 21.1. The maximum absolute atomic E-state index is 11.5. The van der Waals surface area contributed by atoms with Crippen LogP contribution in [0.4, 0.5) is 23.5 Å². The molecule has 15 heteroatoms. The van der Waals surface area contributed by atoms with Crippen molar-refractivity contribution in [2.24, 2.45) is 11.5 Å². The van der Waals surface area contributed by atoms with Gasteiger partial charge in [-0.15, -0.1) is 0 Å². The summed E-state index contributed by atoms with van der Waals surface area (Å²) in [6.07, 6.45) is 0. The molecule has 0 saturated carbocycles. The Hall–Kier alpha value is -2.25. The van der Waals surface area contributed by atoms with E-state index in [9.17, 15) is 19.8 Å². The third-order valence-electron chi connectivity index (χ3n) is 4.67. The quantitative estimate of drug-likeness (QED) is 0.180. The molecule has 0 spiro atoms. The van der Waals surface area contributed by atoms with Gasteiger partial charge in [-0.25, -0.2) is 0 Å². The summed E-state index contributed by atoms with van der Waals surface area (Å²) in [5.41, 5.74) is 23.8. The molecule has 0 bridgehead atoms. The Bertz CT molecular complexity index is 987. The number of nitrogens with zero attached hydrogens (tertiary/aromatic N) is 3. The molecule has 2 aromatic rings. The van der Waals surface area contributed by atoms with Crippen molar-refractivity contribution in [2.45, 2.75) is 49.3 Å². The van der Waals surface area contributed by atoms with Crippen LogP contribution in [0.5, 0.6) is 0 Å². The summed E-state index contributed by atoms with van der Waals surface area (Å²) < 4.78 is -0.655. The summed E-state index contributed by atoms with van der Waals surface area (Å²) in [6.45, 7) is 7.09. The molecule has 2 rings (SSSR count). The van der Waals surface area contributed by atoms with Crippen molar-refractivity contribution in [1.29, 1.82) is 0 Å². The van der Waals surface area contributed by atoms with E-state index in [0.717, 1.165) is 4.35 Å². The summed E-state index contributed by atoms with van der Waals surface area (Å²) in [5, 5.41) is 21.9. The Kier molecular flexibility index (Phi) is 9.05. The molecule has 12 nitrogen and oxygen atoms in total. The van der Waals surface area contributed by atoms with Crippen LogP contribution >= 0.6 is 20.0 Å². The first-order valence-corrected chi connectivity index (χ1v) is 17.0. The maximum atomic E-state index is 11.5. The summed E-state index contributed by atoms with van der Waals surface area (Å²) >= 11 is -2.21. The van der Waals surface area contributed by atoms with Crippen molar-refractivity contribution in [3.05, 3.63) is 24.3 Å². The fourth-order valence-electron chi connectivity index (χ4n) is 2.52. The zero-order chi connectivity index (χ0) is 25.8. The van der Waals surface area contributed by atoms with Crippen molar-refractivity contribution in [3.63, 3.8) is 0 Å². The van der Waals surface area contributed by atoms with Gasteiger partial charge in [0.15, 0.2) is 0 Å². The van der Waals surface area contributed by atoms with Crippen molar-refractivity contribution >= 4 is 72.2 Å². The molecule has 0 aliphatic rings. The van der Waals surface area contributed by atoms with Crippen molar-refractivity contribution in [3.8, 4) is 0 Å². The Morgan fingerprint density at radius 1 is 0.882 bits per heavy atom. The first-order chi connectivity index (χ1) is 15.6. The van der Waals surface area contributed by atoms with Gasteiger partial charge in [-0.05, 0) is 0 Å². The van der Waals surface area contributed by atoms with Gasteiger partial charge in [0.2, 0.25) is 0 Å². The van der Waals surface area contributed by atoms with Crippen LogP contribution in [0.2, 0.25) is 0 Å². The number of hydrogen-bond donors (Lipinski definition) is 7. The summed E-state index contributed by atoms with van der Waals surface area (Å²) in [4.78, 5) is 34.8. The van der Waals surface area contributed by atoms with Crippen LogP contribution in [0.1, 0.15) is 27.7 Å². The van der Waals surface area contributed by atoms with Gasteiger partial charge in [-0.2, -0.15) is 0 Å². The van der Waals surface area contributed by atoms with Crippen LogP contribution in [0, 0.1) is 0 Å². The number of benzene rings is 1. The van der Waals surface area contributed by atoms with Gasteiger partial charge in [0.05, 0.1) is 0 Å². The van der Waals surface area contributed by atoms with E-state index in [1.165, 1.54) is 20.0 Å². The number of hydrogen-bond acceptors (Lipinski definition) is 12. The molecule has 0 fully saturated rings. The predicted octanol–water partition coefficient (Wildman–Crippen LogP) is 0.322. The molecular formula is C19H29AsN8O4S2. The zero-order valence-electron chi connectivity index (χ0n) is 19.1. The topological polar surface area (TPSA) is 229 Å². The van der Waals surface area contributed by atoms with E-state index in [-0.39, 0.29) is 17.8 Å². The molecule has 1 heterocycles. The fraction of sp³-hybridized carbons (Fsp3) is 0.421. The first-order valence-electron chi connectivity index (χ1n) is 9.91. The van der Waals surface area contributed by atoms with Crippen LogP contribution in [0.15, 0.2) is 24.3 Å². The molecule has 34 heavy (non-hydrogen) atoms. The number of anilines is 4. The minimum absolute atomic E-state index is 0.0127. The van der Waals surface area contributed by atoms with E-state index in [2.05, 4.69) is 20.3 Å². The molecular weight excluding hydrogens is 543 g/mol. The number of carboxylic acid groups (broad SMARTS) is 2. The monoisotopic (exact) mass is 572 g/mol. The van der Waals surface area contributed by atoms with Crippen molar-refractivity contribution in [2.75, 3.05) is 16.8 Å². The second-order valence-corrected chi connectivity index (χ2v) is 20.3. The third kappa shape index (κ3) is 7.37. The van der Waals surface area contributed by atoms with Crippen LogP contribution in [-0.2, 0) is 9.59 Å². The van der Waals surface area contributed by atoms with Crippen LogP contribution in [-0.4, -0.2) is 71.0 Å². The van der Waals surface area contributed by atoms with Crippen molar-refractivity contribution in [1.82, 2.24) is 15.0 Å². The number of carboxylic acids is 2. The van der Waals surface area contributed by atoms with E-state index < -0.39 is 45.9 Å². The van der Waals surface area contributed by atoms with E-state index >= 15 is 0 Å². The molecule has 1 aromatic carbocycles. The van der Waals surface area contributed by atoms with Gasteiger partial charge in [0.25, 0.3) is 0 Å². The number of nitrogens with two attached hydrogens (primary N) is 4. The Morgan fingerprint density at radius 2 is 1.29 bits per heavy atom. The molecule has 1 aromatic heterocycles. The number of nitrogen functional groups attached to an aromatic ring is 2. The number of aromatic nitrogens is 3. The molecule has 186 valence electrons. The van der Waals surface area contributed by atoms with E-state index in [0.29, 0.717) is 5.69 Å². The normalized spacial score (nSPS) is 14.0. The molecule has 2 atom stereocenters. The van der Waals surface area contributed by atoms with Gasteiger partial charge in [0, 0.05) is 0 Å². The minimum atomic E-state index is -2.21. The standard InChI is InChI=1S/C19H29AsN8O4S2/c1-18(2,11(21)13(29)30)33-20(34-19(3,4)12(22)14(31)32)9-5-7-10(8-6-9)25-17-27-15(23)26-16(24)28-17/h5-8,11-12H,21-22H2,1-4H3,(H,29,30)(H,31,32)(H5,23,24,25,26,27,28)/t11-,12-/m0/s1. The number of aliphatic carboxylic acids is 2. The first kappa shape index (κ1) is 28.0. The zero-order valence-corrected chi connectivity index (χ0v) is 22.6. The average molecular weight is 573 g/mol. The van der Waals surface area contributed by atoms with Crippen molar-refractivity contribution < 1.29 is 19.8 Å². The molecule has 0 unspecified atom stereocenters. The molecule has 0 saturated heterocycles.